The predicted molar refractivity (Wildman–Crippen MR) is 107 cm³/mol. The first-order valence-corrected chi connectivity index (χ1v) is 8.86. The van der Waals surface area contributed by atoms with E-state index >= 15 is 0 Å². The van der Waals surface area contributed by atoms with Crippen molar-refractivity contribution in [3.8, 4) is 0 Å². The maximum Gasteiger partial charge on any atom is 0.260 e. The first-order valence-electron chi connectivity index (χ1n) is 8.86. The Morgan fingerprint density at radius 1 is 1.00 bits per heavy atom. The molecular weight excluding hydrogens is 336 g/mol. The van der Waals surface area contributed by atoms with Gasteiger partial charge in [-0.15, -0.1) is 0 Å². The molecule has 1 N–H and O–H groups in total. The molecule has 1 amide bonds. The number of nitrogens with zero attached hydrogens (tertiary/aromatic N) is 3. The molecule has 27 heavy (non-hydrogen) atoms. The number of amides is 1. The Kier molecular flexibility index (Phi) is 4.42. The smallest absolute Gasteiger partial charge is 0.260 e. The largest absolute Gasteiger partial charge is 0.304 e. The molecule has 5 nitrogen and oxygen atoms in total. The number of aryl methyl sites for hydroxylation is 2. The van der Waals surface area contributed by atoms with Gasteiger partial charge in [0.15, 0.2) is 5.65 Å². The molecule has 2 aromatic carbocycles. The Hall–Kier alpha value is -3.47. The average molecular weight is 356 g/mol. The second-order valence-electron chi connectivity index (χ2n) is 6.55. The highest BCUT2D eigenvalue weighted by atomic mass is 16.2. The summed E-state index contributed by atoms with van der Waals surface area (Å²) in [4.78, 5) is 19.8. The molecule has 0 spiro atoms. The molecule has 4 rings (SSSR count). The summed E-state index contributed by atoms with van der Waals surface area (Å²) in [7, 11) is 0. The fourth-order valence-corrected chi connectivity index (χ4v) is 3.17. The van der Waals surface area contributed by atoms with Crippen molar-refractivity contribution < 1.29 is 4.79 Å². The number of H-pyrrole nitrogens is 1. The van der Waals surface area contributed by atoms with Crippen LogP contribution in [-0.2, 0) is 6.54 Å². The van der Waals surface area contributed by atoms with E-state index in [0.29, 0.717) is 23.4 Å². The molecule has 0 unspecified atom stereocenters. The van der Waals surface area contributed by atoms with Gasteiger partial charge in [-0.1, -0.05) is 48.5 Å². The number of carbonyl (C=O) groups excluding carboxylic acids is 1. The van der Waals surface area contributed by atoms with Gasteiger partial charge in [-0.3, -0.25) is 9.89 Å². The van der Waals surface area contributed by atoms with Crippen LogP contribution >= 0.6 is 0 Å². The third-order valence-electron chi connectivity index (χ3n) is 4.65. The lowest BCUT2D eigenvalue weighted by atomic mass is 10.1. The number of carbonyl (C=O) groups is 1. The number of fused-ring (bicyclic) bond motifs is 1. The number of nitrogens with one attached hydrogen (secondary N) is 1. The van der Waals surface area contributed by atoms with E-state index in [2.05, 4.69) is 15.2 Å². The van der Waals surface area contributed by atoms with E-state index in [-0.39, 0.29) is 5.91 Å². The Morgan fingerprint density at radius 2 is 1.67 bits per heavy atom. The minimum absolute atomic E-state index is 0.0717. The third kappa shape index (κ3) is 3.31. The molecule has 4 aromatic rings. The number of anilines is 1. The van der Waals surface area contributed by atoms with Crippen molar-refractivity contribution in [1.29, 1.82) is 0 Å². The standard InChI is InChI=1S/C22H20N4O/c1-15-20(13-19-16(2)24-25-21(19)23-15)22(27)26(18-11-7-4-8-12-18)14-17-9-5-3-6-10-17/h3-13H,14H2,1-2H3,(H,23,24,25). The van der Waals surface area contributed by atoms with Gasteiger partial charge in [0.1, 0.15) is 0 Å². The molecule has 0 aliphatic carbocycles. The van der Waals surface area contributed by atoms with E-state index in [0.717, 1.165) is 22.3 Å². The maximum absolute atomic E-state index is 13.5. The molecule has 2 heterocycles. The fourth-order valence-electron chi connectivity index (χ4n) is 3.17. The molecule has 0 aliphatic rings. The van der Waals surface area contributed by atoms with E-state index in [1.807, 2.05) is 80.6 Å². The topological polar surface area (TPSA) is 61.9 Å². The molecule has 134 valence electrons. The van der Waals surface area contributed by atoms with Crippen LogP contribution in [0.3, 0.4) is 0 Å². The molecule has 0 bridgehead atoms. The van der Waals surface area contributed by atoms with Gasteiger partial charge in [0, 0.05) is 16.8 Å². The summed E-state index contributed by atoms with van der Waals surface area (Å²) >= 11 is 0. The number of aromatic amines is 1. The Balaban J connectivity index is 1.78. The lowest BCUT2D eigenvalue weighted by Gasteiger charge is -2.24. The van der Waals surface area contributed by atoms with Crippen molar-refractivity contribution in [2.75, 3.05) is 4.90 Å². The zero-order valence-corrected chi connectivity index (χ0v) is 15.3. The van der Waals surface area contributed by atoms with Crippen LogP contribution in [-0.4, -0.2) is 21.1 Å². The molecule has 0 atom stereocenters. The number of hydrogen-bond acceptors (Lipinski definition) is 3. The molecule has 0 radical (unpaired) electrons. The number of benzene rings is 2. The molecule has 0 fully saturated rings. The van der Waals surface area contributed by atoms with Crippen molar-refractivity contribution >= 4 is 22.6 Å². The van der Waals surface area contributed by atoms with Crippen LogP contribution in [0.25, 0.3) is 11.0 Å². The summed E-state index contributed by atoms with van der Waals surface area (Å²) in [6.07, 6.45) is 0. The van der Waals surface area contributed by atoms with Gasteiger partial charge in [0.2, 0.25) is 0 Å². The van der Waals surface area contributed by atoms with E-state index in [9.17, 15) is 4.79 Å². The van der Waals surface area contributed by atoms with Gasteiger partial charge in [-0.05, 0) is 37.6 Å². The molecule has 5 heteroatoms. The average Bonchev–Trinajstić information content (AvgIpc) is 3.06. The van der Waals surface area contributed by atoms with Crippen LogP contribution in [0.5, 0.6) is 0 Å². The molecule has 0 saturated heterocycles. The second kappa shape index (κ2) is 7.03. The number of rotatable bonds is 4. The van der Waals surface area contributed by atoms with Crippen LogP contribution in [0.2, 0.25) is 0 Å². The SMILES string of the molecule is Cc1nc2n[nH]c(C)c2cc1C(=O)N(Cc1ccccc1)c1ccccc1. The Labute approximate surface area is 157 Å². The van der Waals surface area contributed by atoms with Crippen molar-refractivity contribution in [3.05, 3.63) is 89.2 Å². The van der Waals surface area contributed by atoms with Gasteiger partial charge in [-0.25, -0.2) is 4.98 Å². The first-order chi connectivity index (χ1) is 13.1. The van der Waals surface area contributed by atoms with Crippen LogP contribution in [0.4, 0.5) is 5.69 Å². The molecule has 0 saturated carbocycles. The van der Waals surface area contributed by atoms with Gasteiger partial charge < -0.3 is 4.90 Å². The van der Waals surface area contributed by atoms with Gasteiger partial charge in [-0.2, -0.15) is 5.10 Å². The fraction of sp³-hybridized carbons (Fsp3) is 0.136. The van der Waals surface area contributed by atoms with E-state index < -0.39 is 0 Å². The zero-order valence-electron chi connectivity index (χ0n) is 15.3. The van der Waals surface area contributed by atoms with E-state index in [1.54, 1.807) is 4.90 Å². The second-order valence-corrected chi connectivity index (χ2v) is 6.55. The minimum atomic E-state index is -0.0717. The Bertz CT molecular complexity index is 1090. The summed E-state index contributed by atoms with van der Waals surface area (Å²) in [6, 6.07) is 21.6. The van der Waals surface area contributed by atoms with Gasteiger partial charge in [0.25, 0.3) is 5.91 Å². The lowest BCUT2D eigenvalue weighted by molar-refractivity contribution is 0.0984. The van der Waals surface area contributed by atoms with Crippen LogP contribution in [0.15, 0.2) is 66.7 Å². The van der Waals surface area contributed by atoms with Crippen LogP contribution in [0.1, 0.15) is 27.3 Å². The third-order valence-corrected chi connectivity index (χ3v) is 4.65. The zero-order chi connectivity index (χ0) is 18.8. The monoisotopic (exact) mass is 356 g/mol. The number of aromatic nitrogens is 3. The molecule has 2 aromatic heterocycles. The van der Waals surface area contributed by atoms with E-state index in [4.69, 9.17) is 0 Å². The van der Waals surface area contributed by atoms with Gasteiger partial charge in [0.05, 0.1) is 17.8 Å². The number of pyridine rings is 1. The van der Waals surface area contributed by atoms with Crippen LogP contribution < -0.4 is 4.90 Å². The summed E-state index contributed by atoms with van der Waals surface area (Å²) < 4.78 is 0. The van der Waals surface area contributed by atoms with Crippen molar-refractivity contribution in [3.63, 3.8) is 0 Å². The van der Waals surface area contributed by atoms with Crippen LogP contribution in [0, 0.1) is 13.8 Å². The summed E-state index contributed by atoms with van der Waals surface area (Å²) in [6.45, 7) is 4.27. The summed E-state index contributed by atoms with van der Waals surface area (Å²) in [5, 5.41) is 7.99. The Morgan fingerprint density at radius 3 is 2.37 bits per heavy atom. The summed E-state index contributed by atoms with van der Waals surface area (Å²) in [5.74, 6) is -0.0717. The number of hydrogen-bond donors (Lipinski definition) is 1. The van der Waals surface area contributed by atoms with Crippen molar-refractivity contribution in [2.24, 2.45) is 0 Å². The van der Waals surface area contributed by atoms with E-state index in [1.165, 1.54) is 0 Å². The highest BCUT2D eigenvalue weighted by Crippen LogP contribution is 2.24. The lowest BCUT2D eigenvalue weighted by Crippen LogP contribution is -2.31. The molecule has 0 aliphatic heterocycles. The normalized spacial score (nSPS) is 10.9. The quantitative estimate of drug-likeness (QED) is 0.589. The molecular formula is C22H20N4O. The highest BCUT2D eigenvalue weighted by Gasteiger charge is 2.22. The van der Waals surface area contributed by atoms with Crippen molar-refractivity contribution in [1.82, 2.24) is 15.2 Å². The first kappa shape index (κ1) is 17.0. The van der Waals surface area contributed by atoms with Gasteiger partial charge >= 0.3 is 0 Å². The number of para-hydroxylation sites is 1. The maximum atomic E-state index is 13.5. The predicted octanol–water partition coefficient (Wildman–Crippen LogP) is 4.42. The summed E-state index contributed by atoms with van der Waals surface area (Å²) in [5.41, 5.74) is 4.73. The minimum Gasteiger partial charge on any atom is -0.304 e. The van der Waals surface area contributed by atoms with Crippen molar-refractivity contribution in [2.45, 2.75) is 20.4 Å². The highest BCUT2D eigenvalue weighted by molar-refractivity contribution is 6.08.